The lowest BCUT2D eigenvalue weighted by atomic mass is 9.77. The van der Waals surface area contributed by atoms with Gasteiger partial charge in [-0.2, -0.15) is 0 Å². The number of benzene rings is 1. The molecule has 0 bridgehead atoms. The second kappa shape index (κ2) is 9.25. The summed E-state index contributed by atoms with van der Waals surface area (Å²) in [5, 5.41) is 9.58. The van der Waals surface area contributed by atoms with E-state index in [1.165, 1.54) is 11.3 Å². The van der Waals surface area contributed by atoms with Gasteiger partial charge in [-0.25, -0.2) is 0 Å². The van der Waals surface area contributed by atoms with Gasteiger partial charge in [0.15, 0.2) is 11.5 Å². The Morgan fingerprint density at radius 1 is 1.12 bits per heavy atom. The van der Waals surface area contributed by atoms with Crippen molar-refractivity contribution in [2.45, 2.75) is 70.9 Å². The predicted molar refractivity (Wildman–Crippen MR) is 125 cm³/mol. The number of hydrogen-bond donors (Lipinski definition) is 0. The second-order valence-corrected chi connectivity index (χ2v) is 10.1. The summed E-state index contributed by atoms with van der Waals surface area (Å²) in [6, 6.07) is 7.12. The van der Waals surface area contributed by atoms with Crippen molar-refractivity contribution < 1.29 is 19.1 Å². The predicted octanol–water partition coefficient (Wildman–Crippen LogP) is 4.92. The molecule has 1 fully saturated rings. The molecule has 0 N–H and O–H groups in total. The highest BCUT2D eigenvalue weighted by Gasteiger charge is 2.53. The number of amides is 1. The third-order valence-corrected chi connectivity index (χ3v) is 7.54. The molecule has 8 heteroatoms. The minimum Gasteiger partial charge on any atom is -0.494 e. The first-order valence-corrected chi connectivity index (χ1v) is 12.7. The van der Waals surface area contributed by atoms with Crippen molar-refractivity contribution in [1.82, 2.24) is 10.2 Å². The van der Waals surface area contributed by atoms with E-state index in [9.17, 15) is 9.59 Å². The Balaban J connectivity index is 1.49. The van der Waals surface area contributed by atoms with Gasteiger partial charge in [-0.1, -0.05) is 49.7 Å². The standard InChI is InChI=1S/C25H29N3O4S/c1-3-4-7-14-31-17-12-10-16(11-13-17)21-20-22(29)18-8-5-6-9-19(18)32-23(20)24(30)28(21)25-27-26-15(2)33-25/h10-13,18-19,21H,3-9,14H2,1-2H3. The number of rotatable bonds is 7. The average Bonchev–Trinajstić information content (AvgIpc) is 3.38. The topological polar surface area (TPSA) is 81.6 Å². The molecular formula is C25H29N3O4S. The Hall–Kier alpha value is -2.74. The minimum atomic E-state index is -0.565. The molecule has 3 aliphatic rings. The molecule has 0 spiro atoms. The van der Waals surface area contributed by atoms with E-state index >= 15 is 0 Å². The molecule has 0 radical (unpaired) electrons. The smallest absolute Gasteiger partial charge is 0.296 e. The SMILES string of the molecule is CCCCCOc1ccc(C2C3=C(OC4CCCCC4C3=O)C(=O)N2c2nnc(C)s2)cc1. The van der Waals surface area contributed by atoms with E-state index in [-0.39, 0.29) is 29.5 Å². The number of hydrogen-bond acceptors (Lipinski definition) is 7. The van der Waals surface area contributed by atoms with E-state index in [4.69, 9.17) is 9.47 Å². The number of unbranched alkanes of at least 4 members (excludes halogenated alkanes) is 2. The summed E-state index contributed by atoms with van der Waals surface area (Å²) in [5.74, 6) is 0.544. The molecule has 5 rings (SSSR count). The number of aryl methyl sites for hydroxylation is 1. The average molecular weight is 468 g/mol. The van der Waals surface area contributed by atoms with Crippen LogP contribution in [0.3, 0.4) is 0 Å². The van der Waals surface area contributed by atoms with Gasteiger partial charge in [-0.15, -0.1) is 10.2 Å². The van der Waals surface area contributed by atoms with Crippen LogP contribution in [0.2, 0.25) is 0 Å². The molecule has 2 aliphatic heterocycles. The minimum absolute atomic E-state index is 0.0444. The molecule has 3 atom stereocenters. The van der Waals surface area contributed by atoms with Gasteiger partial charge in [0, 0.05) is 0 Å². The van der Waals surface area contributed by atoms with Gasteiger partial charge in [0.2, 0.25) is 5.13 Å². The molecule has 0 saturated heterocycles. The maximum atomic E-state index is 13.6. The molecule has 1 saturated carbocycles. The fourth-order valence-electron chi connectivity index (χ4n) is 5.03. The molecule has 1 aromatic carbocycles. The lowest BCUT2D eigenvalue weighted by Crippen LogP contribution is -2.39. The highest BCUT2D eigenvalue weighted by Crippen LogP contribution is 2.48. The van der Waals surface area contributed by atoms with E-state index in [0.717, 1.165) is 61.3 Å². The summed E-state index contributed by atoms with van der Waals surface area (Å²) in [5.41, 5.74) is 1.31. The fraction of sp³-hybridized carbons (Fsp3) is 0.520. The molecule has 33 heavy (non-hydrogen) atoms. The van der Waals surface area contributed by atoms with Crippen LogP contribution in [0.25, 0.3) is 0 Å². The molecule has 3 unspecified atom stereocenters. The Morgan fingerprint density at radius 2 is 1.91 bits per heavy atom. The van der Waals surface area contributed by atoms with E-state index in [2.05, 4.69) is 17.1 Å². The summed E-state index contributed by atoms with van der Waals surface area (Å²) in [6.07, 6.45) is 6.76. The van der Waals surface area contributed by atoms with Gasteiger partial charge >= 0.3 is 0 Å². The van der Waals surface area contributed by atoms with Gasteiger partial charge in [0.25, 0.3) is 5.91 Å². The highest BCUT2D eigenvalue weighted by atomic mass is 32.1. The number of ether oxygens (including phenoxy) is 2. The van der Waals surface area contributed by atoms with Crippen LogP contribution in [0.1, 0.15) is 68.5 Å². The number of carbonyl (C=O) groups excluding carboxylic acids is 2. The molecule has 3 heterocycles. The van der Waals surface area contributed by atoms with Crippen molar-refractivity contribution in [2.75, 3.05) is 11.5 Å². The molecule has 174 valence electrons. The van der Waals surface area contributed by atoms with Gasteiger partial charge in [-0.3, -0.25) is 14.5 Å². The summed E-state index contributed by atoms with van der Waals surface area (Å²) in [4.78, 5) is 28.8. The Kier molecular flexibility index (Phi) is 6.19. The lowest BCUT2D eigenvalue weighted by Gasteiger charge is -2.35. The van der Waals surface area contributed by atoms with E-state index in [0.29, 0.717) is 17.3 Å². The maximum Gasteiger partial charge on any atom is 0.296 e. The quantitative estimate of drug-likeness (QED) is 0.538. The second-order valence-electron chi connectivity index (χ2n) is 8.96. The summed E-state index contributed by atoms with van der Waals surface area (Å²) in [7, 11) is 0. The first kappa shape index (κ1) is 22.1. The summed E-state index contributed by atoms with van der Waals surface area (Å²) in [6.45, 7) is 4.69. The zero-order valence-electron chi connectivity index (χ0n) is 19.1. The van der Waals surface area contributed by atoms with Crippen LogP contribution in [0.4, 0.5) is 5.13 Å². The summed E-state index contributed by atoms with van der Waals surface area (Å²) >= 11 is 1.34. The molecule has 7 nitrogen and oxygen atoms in total. The van der Waals surface area contributed by atoms with Crippen molar-refractivity contribution in [3.63, 3.8) is 0 Å². The molecule has 1 amide bonds. The highest BCUT2D eigenvalue weighted by molar-refractivity contribution is 7.15. The van der Waals surface area contributed by atoms with Crippen LogP contribution in [0.5, 0.6) is 5.75 Å². The van der Waals surface area contributed by atoms with Crippen LogP contribution in [0.15, 0.2) is 35.6 Å². The van der Waals surface area contributed by atoms with E-state index in [1.807, 2.05) is 31.2 Å². The van der Waals surface area contributed by atoms with Crippen LogP contribution in [-0.4, -0.2) is 34.6 Å². The van der Waals surface area contributed by atoms with Crippen LogP contribution < -0.4 is 9.64 Å². The monoisotopic (exact) mass is 467 g/mol. The van der Waals surface area contributed by atoms with Crippen molar-refractivity contribution in [2.24, 2.45) is 5.92 Å². The van der Waals surface area contributed by atoms with Gasteiger partial charge in [-0.05, 0) is 50.3 Å². The van der Waals surface area contributed by atoms with Gasteiger partial charge < -0.3 is 9.47 Å². The Bertz CT molecular complexity index is 1080. The molecular weight excluding hydrogens is 438 g/mol. The van der Waals surface area contributed by atoms with Crippen molar-refractivity contribution >= 4 is 28.2 Å². The van der Waals surface area contributed by atoms with Crippen LogP contribution >= 0.6 is 11.3 Å². The first-order chi connectivity index (χ1) is 16.1. The normalized spacial score (nSPS) is 24.5. The number of Topliss-reactive ketones (excluding diaryl/α,β-unsaturated/α-hetero) is 1. The van der Waals surface area contributed by atoms with Gasteiger partial charge in [0.05, 0.1) is 24.1 Å². The Morgan fingerprint density at radius 3 is 2.64 bits per heavy atom. The third-order valence-electron chi connectivity index (χ3n) is 6.70. The van der Waals surface area contributed by atoms with Gasteiger partial charge in [0.1, 0.15) is 16.9 Å². The number of ketones is 1. The fourth-order valence-corrected chi connectivity index (χ4v) is 5.74. The first-order valence-electron chi connectivity index (χ1n) is 11.9. The van der Waals surface area contributed by atoms with Crippen molar-refractivity contribution in [3.8, 4) is 5.75 Å². The van der Waals surface area contributed by atoms with Crippen LogP contribution in [-0.2, 0) is 14.3 Å². The zero-order chi connectivity index (χ0) is 22.9. The number of carbonyl (C=O) groups is 2. The molecule has 1 aromatic heterocycles. The third kappa shape index (κ3) is 4.05. The van der Waals surface area contributed by atoms with E-state index in [1.54, 1.807) is 4.90 Å². The molecule has 2 aromatic rings. The number of anilines is 1. The molecule has 1 aliphatic carbocycles. The van der Waals surface area contributed by atoms with Crippen molar-refractivity contribution in [1.29, 1.82) is 0 Å². The number of aromatic nitrogens is 2. The zero-order valence-corrected chi connectivity index (χ0v) is 19.9. The van der Waals surface area contributed by atoms with Crippen molar-refractivity contribution in [3.05, 3.63) is 46.2 Å². The van der Waals surface area contributed by atoms with Crippen LogP contribution in [0, 0.1) is 12.8 Å². The lowest BCUT2D eigenvalue weighted by molar-refractivity contribution is -0.131. The Labute approximate surface area is 197 Å². The largest absolute Gasteiger partial charge is 0.494 e. The maximum absolute atomic E-state index is 13.6. The van der Waals surface area contributed by atoms with E-state index < -0.39 is 6.04 Å². The summed E-state index contributed by atoms with van der Waals surface area (Å²) < 4.78 is 12.1. The number of nitrogens with zero attached hydrogens (tertiary/aromatic N) is 3. The number of fused-ring (bicyclic) bond motifs is 1.